The molecule has 1 heterocycles. The summed E-state index contributed by atoms with van der Waals surface area (Å²) in [5.41, 5.74) is 1.13. The number of nitrogens with zero attached hydrogens (tertiary/aromatic N) is 2. The Labute approximate surface area is 186 Å². The average molecular weight is 434 g/mol. The van der Waals surface area contributed by atoms with Crippen LogP contribution < -0.4 is 9.47 Å². The van der Waals surface area contributed by atoms with E-state index in [4.69, 9.17) is 9.47 Å². The van der Waals surface area contributed by atoms with Crippen molar-refractivity contribution >= 4 is 5.91 Å². The van der Waals surface area contributed by atoms with Crippen molar-refractivity contribution < 1.29 is 24.5 Å². The molecule has 2 N–H and O–H groups in total. The average Bonchev–Trinajstić information content (AvgIpc) is 3.18. The van der Waals surface area contributed by atoms with Crippen molar-refractivity contribution in [2.24, 2.45) is 0 Å². The molecule has 1 fully saturated rings. The standard InChI is InChI=1S/C25H26N2O5/c1-27(21-10-12-23(24(21)29)32-19-8-5-13-26-15-19)25(30)20-14-18(9-11-22(20)28)31-16-17-6-3-2-4-7-17/h2-9,11,13-15,21,23-24,28-29H,10,12,16H2,1H3/t21-,23-,24-/m1/s1. The van der Waals surface area contributed by atoms with Crippen LogP contribution in [0.25, 0.3) is 0 Å². The molecule has 166 valence electrons. The van der Waals surface area contributed by atoms with Crippen molar-refractivity contribution in [3.8, 4) is 17.2 Å². The minimum Gasteiger partial charge on any atom is -0.507 e. The maximum atomic E-state index is 13.1. The predicted octanol–water partition coefficient (Wildman–Crippen LogP) is 3.41. The summed E-state index contributed by atoms with van der Waals surface area (Å²) in [6.07, 6.45) is 3.13. The Balaban J connectivity index is 1.43. The quantitative estimate of drug-likeness (QED) is 0.592. The Kier molecular flexibility index (Phi) is 6.56. The molecule has 0 saturated heterocycles. The van der Waals surface area contributed by atoms with Crippen LogP contribution >= 0.6 is 0 Å². The van der Waals surface area contributed by atoms with Gasteiger partial charge in [0, 0.05) is 13.2 Å². The molecule has 1 saturated carbocycles. The van der Waals surface area contributed by atoms with Crippen LogP contribution in [-0.2, 0) is 6.61 Å². The number of hydrogen-bond donors (Lipinski definition) is 2. The van der Waals surface area contributed by atoms with Gasteiger partial charge in [0.25, 0.3) is 5.91 Å². The van der Waals surface area contributed by atoms with Crippen LogP contribution in [0.1, 0.15) is 28.8 Å². The molecule has 1 aromatic heterocycles. The van der Waals surface area contributed by atoms with E-state index in [1.54, 1.807) is 37.6 Å². The highest BCUT2D eigenvalue weighted by molar-refractivity contribution is 5.97. The van der Waals surface area contributed by atoms with E-state index in [0.717, 1.165) is 5.56 Å². The van der Waals surface area contributed by atoms with Gasteiger partial charge in [-0.15, -0.1) is 0 Å². The molecule has 3 atom stereocenters. The van der Waals surface area contributed by atoms with Crippen LogP contribution in [-0.4, -0.2) is 51.3 Å². The van der Waals surface area contributed by atoms with Crippen LogP contribution in [0.2, 0.25) is 0 Å². The Morgan fingerprint density at radius 3 is 2.66 bits per heavy atom. The number of aliphatic hydroxyl groups excluding tert-OH is 1. The molecule has 3 aromatic rings. The third-order valence-corrected chi connectivity index (χ3v) is 5.71. The van der Waals surface area contributed by atoms with Gasteiger partial charge in [-0.1, -0.05) is 30.3 Å². The second-order valence-electron chi connectivity index (χ2n) is 7.85. The lowest BCUT2D eigenvalue weighted by Gasteiger charge is -2.29. The number of phenols is 1. The Hall–Kier alpha value is -3.58. The van der Waals surface area contributed by atoms with Crippen LogP contribution in [0.3, 0.4) is 0 Å². The van der Waals surface area contributed by atoms with E-state index in [9.17, 15) is 15.0 Å². The molecule has 0 spiro atoms. The molecule has 0 radical (unpaired) electrons. The van der Waals surface area contributed by atoms with E-state index < -0.39 is 24.2 Å². The third kappa shape index (κ3) is 4.84. The van der Waals surface area contributed by atoms with E-state index in [0.29, 0.717) is 30.9 Å². The first-order valence-corrected chi connectivity index (χ1v) is 10.5. The fourth-order valence-corrected chi connectivity index (χ4v) is 3.93. The van der Waals surface area contributed by atoms with Gasteiger partial charge in [-0.05, 0) is 48.7 Å². The number of rotatable bonds is 7. The molecule has 7 nitrogen and oxygen atoms in total. The molecular formula is C25H26N2O5. The fourth-order valence-electron chi connectivity index (χ4n) is 3.93. The zero-order valence-corrected chi connectivity index (χ0v) is 17.8. The molecule has 0 unspecified atom stereocenters. The number of pyridine rings is 1. The van der Waals surface area contributed by atoms with Gasteiger partial charge < -0.3 is 24.6 Å². The number of carbonyl (C=O) groups is 1. The second-order valence-corrected chi connectivity index (χ2v) is 7.85. The molecule has 1 aliphatic rings. The summed E-state index contributed by atoms with van der Waals surface area (Å²) >= 11 is 0. The number of aromatic nitrogens is 1. The van der Waals surface area contributed by atoms with Crippen molar-refractivity contribution in [2.75, 3.05) is 7.05 Å². The van der Waals surface area contributed by atoms with Gasteiger partial charge in [-0.2, -0.15) is 0 Å². The molecule has 7 heteroatoms. The first-order chi connectivity index (χ1) is 15.5. The van der Waals surface area contributed by atoms with Gasteiger partial charge in [-0.25, -0.2) is 0 Å². The summed E-state index contributed by atoms with van der Waals surface area (Å²) in [7, 11) is 1.62. The van der Waals surface area contributed by atoms with Gasteiger partial charge in [0.2, 0.25) is 0 Å². The lowest BCUT2D eigenvalue weighted by Crippen LogP contribution is -2.45. The molecule has 32 heavy (non-hydrogen) atoms. The van der Waals surface area contributed by atoms with Crippen molar-refractivity contribution in [3.63, 3.8) is 0 Å². The highest BCUT2D eigenvalue weighted by atomic mass is 16.5. The molecule has 0 aliphatic heterocycles. The third-order valence-electron chi connectivity index (χ3n) is 5.71. The largest absolute Gasteiger partial charge is 0.507 e. The topological polar surface area (TPSA) is 92.1 Å². The summed E-state index contributed by atoms with van der Waals surface area (Å²) < 4.78 is 11.6. The number of hydrogen-bond acceptors (Lipinski definition) is 6. The van der Waals surface area contributed by atoms with Crippen molar-refractivity contribution in [1.29, 1.82) is 0 Å². The summed E-state index contributed by atoms with van der Waals surface area (Å²) in [4.78, 5) is 18.6. The minimum absolute atomic E-state index is 0.127. The summed E-state index contributed by atoms with van der Waals surface area (Å²) in [5, 5.41) is 21.1. The van der Waals surface area contributed by atoms with E-state index in [1.807, 2.05) is 30.3 Å². The number of benzene rings is 2. The van der Waals surface area contributed by atoms with E-state index in [2.05, 4.69) is 4.98 Å². The zero-order chi connectivity index (χ0) is 22.5. The minimum atomic E-state index is -0.858. The maximum Gasteiger partial charge on any atom is 0.257 e. The Morgan fingerprint density at radius 2 is 1.91 bits per heavy atom. The van der Waals surface area contributed by atoms with E-state index in [1.165, 1.54) is 17.0 Å². The Morgan fingerprint density at radius 1 is 1.09 bits per heavy atom. The zero-order valence-electron chi connectivity index (χ0n) is 17.8. The maximum absolute atomic E-state index is 13.1. The fraction of sp³-hybridized carbons (Fsp3) is 0.280. The van der Waals surface area contributed by atoms with E-state index >= 15 is 0 Å². The predicted molar refractivity (Wildman–Crippen MR) is 119 cm³/mol. The summed E-state index contributed by atoms with van der Waals surface area (Å²) in [6.45, 7) is 0.351. The number of carbonyl (C=O) groups excluding carboxylic acids is 1. The summed E-state index contributed by atoms with van der Waals surface area (Å²) in [5.74, 6) is 0.531. The molecule has 0 bridgehead atoms. The SMILES string of the molecule is CN(C(=O)c1cc(OCc2ccccc2)ccc1O)[C@@H]1CC[C@@H](Oc2cccnc2)[C@@H]1O. The van der Waals surface area contributed by atoms with Crippen molar-refractivity contribution in [3.05, 3.63) is 84.2 Å². The van der Waals surface area contributed by atoms with Gasteiger partial charge in [0.1, 0.15) is 36.1 Å². The number of amides is 1. The highest BCUT2D eigenvalue weighted by Crippen LogP contribution is 2.31. The molecule has 1 aliphatic carbocycles. The smallest absolute Gasteiger partial charge is 0.257 e. The number of ether oxygens (including phenoxy) is 2. The number of phenolic OH excluding ortho intramolecular Hbond substituents is 1. The lowest BCUT2D eigenvalue weighted by atomic mass is 10.1. The number of aliphatic hydroxyl groups is 1. The number of aromatic hydroxyl groups is 1. The lowest BCUT2D eigenvalue weighted by molar-refractivity contribution is 0.0164. The van der Waals surface area contributed by atoms with Crippen molar-refractivity contribution in [1.82, 2.24) is 9.88 Å². The molecule has 4 rings (SSSR count). The van der Waals surface area contributed by atoms with E-state index in [-0.39, 0.29) is 11.3 Å². The molecular weight excluding hydrogens is 408 g/mol. The highest BCUT2D eigenvalue weighted by Gasteiger charge is 2.40. The first kappa shape index (κ1) is 21.6. The normalized spacial score (nSPS) is 20.0. The number of likely N-dealkylation sites (N-methyl/N-ethyl adjacent to an activating group) is 1. The molecule has 1 amide bonds. The van der Waals surface area contributed by atoms with Gasteiger partial charge in [0.05, 0.1) is 17.8 Å². The monoisotopic (exact) mass is 434 g/mol. The van der Waals surface area contributed by atoms with Crippen LogP contribution in [0.5, 0.6) is 17.2 Å². The van der Waals surface area contributed by atoms with Gasteiger partial charge in [0.15, 0.2) is 0 Å². The van der Waals surface area contributed by atoms with Crippen LogP contribution in [0, 0.1) is 0 Å². The van der Waals surface area contributed by atoms with Gasteiger partial charge >= 0.3 is 0 Å². The van der Waals surface area contributed by atoms with Gasteiger partial charge in [-0.3, -0.25) is 9.78 Å². The van der Waals surface area contributed by atoms with Crippen LogP contribution in [0.15, 0.2) is 73.1 Å². The molecule has 2 aromatic carbocycles. The summed E-state index contributed by atoms with van der Waals surface area (Å²) in [6, 6.07) is 17.4. The second kappa shape index (κ2) is 9.70. The Bertz CT molecular complexity index is 1040. The van der Waals surface area contributed by atoms with Crippen molar-refractivity contribution in [2.45, 2.75) is 37.7 Å². The van der Waals surface area contributed by atoms with Crippen LogP contribution in [0.4, 0.5) is 0 Å². The first-order valence-electron chi connectivity index (χ1n) is 10.5.